The largest absolute Gasteiger partial charge is 0.357 e. The average molecular weight is 498 g/mol. The quantitative estimate of drug-likeness (QED) is 0.216. The first-order chi connectivity index (χ1) is 13.3. The summed E-state index contributed by atoms with van der Waals surface area (Å²) in [5.74, 6) is 0.881. The van der Waals surface area contributed by atoms with E-state index >= 15 is 0 Å². The third-order valence-corrected chi connectivity index (χ3v) is 4.62. The van der Waals surface area contributed by atoms with E-state index in [4.69, 9.17) is 4.99 Å². The molecule has 0 saturated heterocycles. The van der Waals surface area contributed by atoms with Gasteiger partial charge >= 0.3 is 0 Å². The van der Waals surface area contributed by atoms with Crippen molar-refractivity contribution in [2.24, 2.45) is 4.99 Å². The van der Waals surface area contributed by atoms with Gasteiger partial charge in [-0.15, -0.1) is 24.0 Å². The number of aryl methyl sites for hydroxylation is 1. The molecule has 0 radical (unpaired) electrons. The topological polar surface area (TPSA) is 57.5 Å². The molecule has 28 heavy (non-hydrogen) atoms. The monoisotopic (exact) mass is 498 g/mol. The zero-order valence-electron chi connectivity index (χ0n) is 17.3. The maximum atomic E-state index is 4.87. The van der Waals surface area contributed by atoms with Crippen LogP contribution in [-0.4, -0.2) is 53.4 Å². The molecule has 0 saturated carbocycles. The maximum Gasteiger partial charge on any atom is 0.191 e. The van der Waals surface area contributed by atoms with Crippen LogP contribution in [0.15, 0.2) is 53.8 Å². The van der Waals surface area contributed by atoms with Crippen molar-refractivity contribution in [2.75, 3.05) is 32.7 Å². The van der Waals surface area contributed by atoms with Crippen LogP contribution in [0.1, 0.15) is 38.8 Å². The highest BCUT2D eigenvalue weighted by Gasteiger charge is 2.17. The van der Waals surface area contributed by atoms with Crippen molar-refractivity contribution >= 4 is 29.9 Å². The Hall–Kier alpha value is -1.61. The number of hydrogen-bond donors (Lipinski definition) is 2. The lowest BCUT2D eigenvalue weighted by atomic mass is 10.1. The van der Waals surface area contributed by atoms with E-state index in [2.05, 4.69) is 71.7 Å². The molecule has 0 aliphatic carbocycles. The highest BCUT2D eigenvalue weighted by Crippen LogP contribution is 2.20. The van der Waals surface area contributed by atoms with E-state index in [-0.39, 0.29) is 24.0 Å². The minimum absolute atomic E-state index is 0. The van der Waals surface area contributed by atoms with E-state index in [1.807, 2.05) is 23.1 Å². The summed E-state index contributed by atoms with van der Waals surface area (Å²) >= 11 is 0. The molecule has 0 aliphatic heterocycles. The van der Waals surface area contributed by atoms with Crippen molar-refractivity contribution in [2.45, 2.75) is 39.8 Å². The van der Waals surface area contributed by atoms with E-state index in [0.717, 1.165) is 51.6 Å². The van der Waals surface area contributed by atoms with Gasteiger partial charge in [-0.05, 0) is 38.1 Å². The van der Waals surface area contributed by atoms with Crippen LogP contribution in [0.5, 0.6) is 0 Å². The molecule has 2 N–H and O–H groups in total. The first-order valence-corrected chi connectivity index (χ1v) is 10.1. The van der Waals surface area contributed by atoms with Crippen molar-refractivity contribution in [3.63, 3.8) is 0 Å². The number of nitrogens with zero attached hydrogens (tertiary/aromatic N) is 4. The Bertz CT molecular complexity index is 640. The SMILES string of the molecule is CCNC(=NCC(c1ccccc1)N(CC)CC)NCCCn1cccn1.I. The van der Waals surface area contributed by atoms with Gasteiger partial charge in [0.05, 0.1) is 12.6 Å². The fraction of sp³-hybridized carbons (Fsp3) is 0.524. The van der Waals surface area contributed by atoms with Crippen molar-refractivity contribution in [3.8, 4) is 0 Å². The number of aliphatic imine (C=N–C) groups is 1. The van der Waals surface area contributed by atoms with Crippen molar-refractivity contribution in [3.05, 3.63) is 54.4 Å². The molecule has 6 nitrogen and oxygen atoms in total. The van der Waals surface area contributed by atoms with E-state index < -0.39 is 0 Å². The summed E-state index contributed by atoms with van der Waals surface area (Å²) in [7, 11) is 0. The number of benzene rings is 1. The molecule has 1 heterocycles. The van der Waals surface area contributed by atoms with Gasteiger partial charge in [0, 0.05) is 32.0 Å². The first kappa shape index (κ1) is 24.4. The molecule has 1 unspecified atom stereocenters. The Labute approximate surface area is 186 Å². The second kappa shape index (κ2) is 14.4. The lowest BCUT2D eigenvalue weighted by molar-refractivity contribution is 0.224. The smallest absolute Gasteiger partial charge is 0.191 e. The van der Waals surface area contributed by atoms with Gasteiger partial charge in [0.2, 0.25) is 0 Å². The highest BCUT2D eigenvalue weighted by molar-refractivity contribution is 14.0. The van der Waals surface area contributed by atoms with Crippen LogP contribution >= 0.6 is 24.0 Å². The summed E-state index contributed by atoms with van der Waals surface area (Å²) in [5, 5.41) is 11.0. The van der Waals surface area contributed by atoms with E-state index in [9.17, 15) is 0 Å². The average Bonchev–Trinajstić information content (AvgIpc) is 3.22. The molecular weight excluding hydrogens is 463 g/mol. The zero-order valence-corrected chi connectivity index (χ0v) is 19.7. The van der Waals surface area contributed by atoms with Gasteiger partial charge in [-0.1, -0.05) is 44.2 Å². The number of halogens is 1. The molecule has 1 atom stereocenters. The minimum atomic E-state index is 0. The molecule has 1 aromatic heterocycles. The number of aromatic nitrogens is 2. The number of rotatable bonds is 11. The Morgan fingerprint density at radius 2 is 1.86 bits per heavy atom. The molecule has 0 amide bonds. The number of likely N-dealkylation sites (N-methyl/N-ethyl adjacent to an activating group) is 1. The Kier molecular flexibility index (Phi) is 12.6. The van der Waals surface area contributed by atoms with Crippen molar-refractivity contribution in [1.82, 2.24) is 25.3 Å². The maximum absolute atomic E-state index is 4.87. The second-order valence-electron chi connectivity index (χ2n) is 6.42. The molecule has 2 rings (SSSR count). The number of guanidine groups is 1. The summed E-state index contributed by atoms with van der Waals surface area (Å²) in [6, 6.07) is 12.9. The lowest BCUT2D eigenvalue weighted by Crippen LogP contribution is -2.39. The Balaban J connectivity index is 0.00000392. The molecule has 0 fully saturated rings. The van der Waals surface area contributed by atoms with Crippen LogP contribution < -0.4 is 10.6 Å². The predicted octanol–water partition coefficient (Wildman–Crippen LogP) is 3.53. The number of hydrogen-bond acceptors (Lipinski definition) is 3. The van der Waals surface area contributed by atoms with Gasteiger partial charge < -0.3 is 10.6 Å². The third kappa shape index (κ3) is 8.18. The highest BCUT2D eigenvalue weighted by atomic mass is 127. The Morgan fingerprint density at radius 3 is 2.46 bits per heavy atom. The summed E-state index contributed by atoms with van der Waals surface area (Å²) in [6.45, 7) is 11.9. The van der Waals surface area contributed by atoms with Gasteiger partial charge in [-0.25, -0.2) is 0 Å². The molecule has 2 aromatic rings. The van der Waals surface area contributed by atoms with Crippen LogP contribution in [0, 0.1) is 0 Å². The standard InChI is InChI=1S/C21H34N6.HI/c1-4-22-21(23-14-10-16-27-17-11-15-25-27)24-18-20(26(5-2)6-3)19-12-8-7-9-13-19;/h7-9,11-13,15,17,20H,4-6,10,14,16,18H2,1-3H3,(H2,22,23,24);1H. The second-order valence-corrected chi connectivity index (χ2v) is 6.42. The van der Waals surface area contributed by atoms with Crippen molar-refractivity contribution in [1.29, 1.82) is 0 Å². The molecule has 0 spiro atoms. The zero-order chi connectivity index (χ0) is 19.3. The van der Waals surface area contributed by atoms with Gasteiger partial charge in [0.25, 0.3) is 0 Å². The van der Waals surface area contributed by atoms with Crippen molar-refractivity contribution < 1.29 is 0 Å². The van der Waals surface area contributed by atoms with Gasteiger partial charge in [-0.3, -0.25) is 14.6 Å². The lowest BCUT2D eigenvalue weighted by Gasteiger charge is -2.29. The van der Waals surface area contributed by atoms with Gasteiger partial charge in [0.15, 0.2) is 5.96 Å². The van der Waals surface area contributed by atoms with Gasteiger partial charge in [0.1, 0.15) is 0 Å². The number of nitrogens with one attached hydrogen (secondary N) is 2. The van der Waals surface area contributed by atoms with Crippen LogP contribution in [0.25, 0.3) is 0 Å². The Morgan fingerprint density at radius 1 is 1.11 bits per heavy atom. The van der Waals surface area contributed by atoms with Crippen LogP contribution in [0.4, 0.5) is 0 Å². The summed E-state index contributed by atoms with van der Waals surface area (Å²) in [6.07, 6.45) is 4.81. The minimum Gasteiger partial charge on any atom is -0.357 e. The van der Waals surface area contributed by atoms with Crippen LogP contribution in [0.2, 0.25) is 0 Å². The van der Waals surface area contributed by atoms with E-state index in [0.29, 0.717) is 6.04 Å². The van der Waals surface area contributed by atoms with Gasteiger partial charge in [-0.2, -0.15) is 5.10 Å². The normalized spacial score (nSPS) is 12.5. The molecule has 7 heteroatoms. The predicted molar refractivity (Wildman–Crippen MR) is 128 cm³/mol. The molecule has 1 aromatic carbocycles. The summed E-state index contributed by atoms with van der Waals surface area (Å²) < 4.78 is 1.96. The third-order valence-electron chi connectivity index (χ3n) is 4.62. The fourth-order valence-corrected chi connectivity index (χ4v) is 3.17. The summed E-state index contributed by atoms with van der Waals surface area (Å²) in [4.78, 5) is 7.33. The summed E-state index contributed by atoms with van der Waals surface area (Å²) in [5.41, 5.74) is 1.32. The van der Waals surface area contributed by atoms with Crippen LogP contribution in [-0.2, 0) is 6.54 Å². The molecule has 0 aliphatic rings. The van der Waals surface area contributed by atoms with E-state index in [1.54, 1.807) is 0 Å². The van der Waals surface area contributed by atoms with E-state index in [1.165, 1.54) is 5.56 Å². The van der Waals surface area contributed by atoms with Crippen LogP contribution in [0.3, 0.4) is 0 Å². The first-order valence-electron chi connectivity index (χ1n) is 10.1. The fourth-order valence-electron chi connectivity index (χ4n) is 3.17. The molecular formula is C21H35IN6. The molecule has 0 bridgehead atoms. The molecule has 156 valence electrons.